The zero-order chi connectivity index (χ0) is 20.1. The largest absolute Gasteiger partial charge is 0.489 e. The molecule has 2 aliphatic heterocycles. The van der Waals surface area contributed by atoms with E-state index in [2.05, 4.69) is 39.8 Å². The number of piperidine rings is 2. The summed E-state index contributed by atoms with van der Waals surface area (Å²) in [4.78, 5) is 14.8. The number of ether oxygens (including phenoxy) is 1. The van der Waals surface area contributed by atoms with Crippen LogP contribution in [0.1, 0.15) is 32.1 Å². The maximum Gasteiger partial charge on any atom is 0.241 e. The minimum atomic E-state index is -0.117. The summed E-state index contributed by atoms with van der Waals surface area (Å²) in [5.41, 5.74) is 1.97. The third-order valence-corrected chi connectivity index (χ3v) is 5.98. The van der Waals surface area contributed by atoms with E-state index in [1.165, 1.54) is 5.69 Å². The first-order valence-corrected chi connectivity index (χ1v) is 10.9. The quantitative estimate of drug-likeness (QED) is 0.759. The fraction of sp³-hybridized carbons (Fsp3) is 0.435. The van der Waals surface area contributed by atoms with Gasteiger partial charge in [-0.2, -0.15) is 0 Å². The van der Waals surface area contributed by atoms with E-state index in [4.69, 9.17) is 16.3 Å². The molecule has 29 heavy (non-hydrogen) atoms. The highest BCUT2D eigenvalue weighted by atomic mass is 35.5. The predicted molar refractivity (Wildman–Crippen MR) is 118 cm³/mol. The number of amides is 1. The van der Waals surface area contributed by atoms with Crippen molar-refractivity contribution in [2.24, 2.45) is 0 Å². The van der Waals surface area contributed by atoms with Crippen molar-refractivity contribution in [3.63, 3.8) is 0 Å². The zero-order valence-corrected chi connectivity index (χ0v) is 17.3. The maximum atomic E-state index is 12.4. The summed E-state index contributed by atoms with van der Waals surface area (Å²) < 4.78 is 6.16. The summed E-state index contributed by atoms with van der Waals surface area (Å²) >= 11 is 6.44. The van der Waals surface area contributed by atoms with Crippen LogP contribution in [0, 0.1) is 0 Å². The molecular weight excluding hydrogens is 386 g/mol. The maximum absolute atomic E-state index is 12.4. The molecule has 0 spiro atoms. The van der Waals surface area contributed by atoms with Crippen LogP contribution in [-0.4, -0.2) is 37.7 Å². The Balaban J connectivity index is 1.30. The summed E-state index contributed by atoms with van der Waals surface area (Å²) in [5, 5.41) is 6.75. The summed E-state index contributed by atoms with van der Waals surface area (Å²) in [6.07, 6.45) is 5.16. The molecule has 1 atom stereocenters. The number of para-hydroxylation sites is 1. The molecule has 4 rings (SSSR count). The SMILES string of the molecule is O=C(Nc1ccc(OC2CCN(c3ccccc3)CC2)c(Cl)c1)C1CCCCN1. The van der Waals surface area contributed by atoms with Crippen LogP contribution in [0.3, 0.4) is 0 Å². The molecule has 2 N–H and O–H groups in total. The predicted octanol–water partition coefficient (Wildman–Crippen LogP) is 4.47. The third-order valence-electron chi connectivity index (χ3n) is 5.68. The van der Waals surface area contributed by atoms with Crippen molar-refractivity contribution in [1.29, 1.82) is 0 Å². The minimum Gasteiger partial charge on any atom is -0.489 e. The number of carbonyl (C=O) groups excluding carboxylic acids is 1. The van der Waals surface area contributed by atoms with Crippen molar-refractivity contribution >= 4 is 28.9 Å². The van der Waals surface area contributed by atoms with Crippen LogP contribution < -0.4 is 20.3 Å². The normalized spacial score (nSPS) is 20.3. The van der Waals surface area contributed by atoms with Crippen LogP contribution in [0.2, 0.25) is 5.02 Å². The number of nitrogens with zero attached hydrogens (tertiary/aromatic N) is 1. The molecule has 0 aliphatic carbocycles. The van der Waals surface area contributed by atoms with Gasteiger partial charge >= 0.3 is 0 Å². The Morgan fingerprint density at radius 2 is 1.86 bits per heavy atom. The number of carbonyl (C=O) groups is 1. The molecule has 0 saturated carbocycles. The molecule has 1 unspecified atom stereocenters. The monoisotopic (exact) mass is 413 g/mol. The molecule has 0 aromatic heterocycles. The molecule has 6 heteroatoms. The van der Waals surface area contributed by atoms with E-state index in [-0.39, 0.29) is 18.1 Å². The van der Waals surface area contributed by atoms with Gasteiger partial charge in [0.05, 0.1) is 11.1 Å². The number of nitrogens with one attached hydrogen (secondary N) is 2. The highest BCUT2D eigenvalue weighted by Gasteiger charge is 2.23. The van der Waals surface area contributed by atoms with Crippen LogP contribution >= 0.6 is 11.6 Å². The average Bonchev–Trinajstić information content (AvgIpc) is 2.77. The Kier molecular flexibility index (Phi) is 6.57. The zero-order valence-electron chi connectivity index (χ0n) is 16.6. The van der Waals surface area contributed by atoms with Gasteiger partial charge in [-0.15, -0.1) is 0 Å². The first-order chi connectivity index (χ1) is 14.2. The van der Waals surface area contributed by atoms with Crippen LogP contribution in [0.25, 0.3) is 0 Å². The molecule has 2 aromatic carbocycles. The molecule has 2 saturated heterocycles. The van der Waals surface area contributed by atoms with E-state index >= 15 is 0 Å². The number of hydrogen-bond donors (Lipinski definition) is 2. The van der Waals surface area contributed by atoms with E-state index in [1.807, 2.05) is 18.2 Å². The van der Waals surface area contributed by atoms with Gasteiger partial charge in [-0.25, -0.2) is 0 Å². The van der Waals surface area contributed by atoms with E-state index < -0.39 is 0 Å². The van der Waals surface area contributed by atoms with Crippen LogP contribution in [0.15, 0.2) is 48.5 Å². The van der Waals surface area contributed by atoms with Gasteiger partial charge in [-0.3, -0.25) is 4.79 Å². The number of halogens is 1. The fourth-order valence-corrected chi connectivity index (χ4v) is 4.25. The Labute approximate surface area is 177 Å². The molecule has 0 bridgehead atoms. The number of benzene rings is 2. The van der Waals surface area contributed by atoms with Crippen LogP contribution in [0.4, 0.5) is 11.4 Å². The second-order valence-electron chi connectivity index (χ2n) is 7.78. The Bertz CT molecular complexity index is 816. The lowest BCUT2D eigenvalue weighted by Gasteiger charge is -2.33. The summed E-state index contributed by atoms with van der Waals surface area (Å²) in [6.45, 7) is 2.83. The van der Waals surface area contributed by atoms with Crippen LogP contribution in [-0.2, 0) is 4.79 Å². The van der Waals surface area contributed by atoms with E-state index in [0.717, 1.165) is 51.7 Å². The van der Waals surface area contributed by atoms with Gasteiger partial charge in [0, 0.05) is 37.3 Å². The molecule has 1 amide bonds. The van der Waals surface area contributed by atoms with Gasteiger partial charge in [0.1, 0.15) is 11.9 Å². The van der Waals surface area contributed by atoms with E-state index in [0.29, 0.717) is 16.5 Å². The lowest BCUT2D eigenvalue weighted by molar-refractivity contribution is -0.118. The molecule has 2 heterocycles. The van der Waals surface area contributed by atoms with Crippen molar-refractivity contribution in [2.45, 2.75) is 44.2 Å². The van der Waals surface area contributed by atoms with Crippen molar-refractivity contribution in [2.75, 3.05) is 29.9 Å². The minimum absolute atomic E-state index is 0.00252. The number of anilines is 2. The molecule has 2 aliphatic rings. The Hall–Kier alpha value is -2.24. The summed E-state index contributed by atoms with van der Waals surface area (Å²) in [5.74, 6) is 0.682. The lowest BCUT2D eigenvalue weighted by Crippen LogP contribution is -2.43. The van der Waals surface area contributed by atoms with Crippen molar-refractivity contribution in [3.05, 3.63) is 53.6 Å². The van der Waals surface area contributed by atoms with Crippen molar-refractivity contribution in [3.8, 4) is 5.75 Å². The standard InChI is InChI=1S/C23H28ClN3O2/c24-20-16-17(26-23(28)21-8-4-5-13-25-21)9-10-22(20)29-19-11-14-27(15-12-19)18-6-2-1-3-7-18/h1-3,6-7,9-10,16,19,21,25H,4-5,8,11-15H2,(H,26,28). The molecule has 0 radical (unpaired) electrons. The average molecular weight is 414 g/mol. The first kappa shape index (κ1) is 20.0. The first-order valence-electron chi connectivity index (χ1n) is 10.5. The second kappa shape index (κ2) is 9.51. The third kappa shape index (κ3) is 5.22. The highest BCUT2D eigenvalue weighted by molar-refractivity contribution is 6.32. The Morgan fingerprint density at radius 1 is 1.07 bits per heavy atom. The van der Waals surface area contributed by atoms with Gasteiger partial charge in [0.2, 0.25) is 5.91 Å². The molecule has 5 nitrogen and oxygen atoms in total. The highest BCUT2D eigenvalue weighted by Crippen LogP contribution is 2.31. The molecular formula is C23H28ClN3O2. The van der Waals surface area contributed by atoms with Gasteiger partial charge in [-0.05, 0) is 49.7 Å². The van der Waals surface area contributed by atoms with Gasteiger partial charge in [-0.1, -0.05) is 36.2 Å². The van der Waals surface area contributed by atoms with E-state index in [1.54, 1.807) is 6.07 Å². The second-order valence-corrected chi connectivity index (χ2v) is 8.18. The fourth-order valence-electron chi connectivity index (χ4n) is 4.03. The summed E-state index contributed by atoms with van der Waals surface area (Å²) in [7, 11) is 0. The smallest absolute Gasteiger partial charge is 0.241 e. The molecule has 2 fully saturated rings. The number of hydrogen-bond acceptors (Lipinski definition) is 4. The van der Waals surface area contributed by atoms with Gasteiger partial charge in [0.15, 0.2) is 0 Å². The lowest BCUT2D eigenvalue weighted by atomic mass is 10.0. The molecule has 154 valence electrons. The Morgan fingerprint density at radius 3 is 2.55 bits per heavy atom. The van der Waals surface area contributed by atoms with Crippen molar-refractivity contribution in [1.82, 2.24) is 5.32 Å². The van der Waals surface area contributed by atoms with Gasteiger partial charge < -0.3 is 20.3 Å². The van der Waals surface area contributed by atoms with E-state index in [9.17, 15) is 4.79 Å². The van der Waals surface area contributed by atoms with Crippen molar-refractivity contribution < 1.29 is 9.53 Å². The summed E-state index contributed by atoms with van der Waals surface area (Å²) in [6, 6.07) is 15.9. The van der Waals surface area contributed by atoms with Gasteiger partial charge in [0.25, 0.3) is 0 Å². The molecule has 2 aromatic rings. The van der Waals surface area contributed by atoms with Crippen LogP contribution in [0.5, 0.6) is 5.75 Å². The number of rotatable bonds is 5. The topological polar surface area (TPSA) is 53.6 Å².